The van der Waals surface area contributed by atoms with E-state index >= 15 is 0 Å². The van der Waals surface area contributed by atoms with Crippen LogP contribution in [0.3, 0.4) is 0 Å². The predicted molar refractivity (Wildman–Crippen MR) is 117 cm³/mol. The number of rotatable bonds is 6. The molecule has 0 radical (unpaired) electrons. The van der Waals surface area contributed by atoms with E-state index in [4.69, 9.17) is 4.74 Å². The molecule has 0 aliphatic carbocycles. The highest BCUT2D eigenvalue weighted by Crippen LogP contribution is 2.33. The van der Waals surface area contributed by atoms with Crippen molar-refractivity contribution in [1.29, 1.82) is 0 Å². The number of likely N-dealkylation sites (tertiary alicyclic amines) is 1. The molecule has 2 aliphatic rings. The quantitative estimate of drug-likeness (QED) is 0.595. The largest absolute Gasteiger partial charge is 0.470 e. The molecule has 5 rings (SSSR count). The van der Waals surface area contributed by atoms with Crippen molar-refractivity contribution in [2.45, 2.75) is 31.8 Å². The van der Waals surface area contributed by atoms with Crippen LogP contribution < -0.4 is 4.74 Å². The van der Waals surface area contributed by atoms with E-state index in [0.717, 1.165) is 17.5 Å². The van der Waals surface area contributed by atoms with Crippen LogP contribution in [0.4, 0.5) is 13.2 Å². The van der Waals surface area contributed by atoms with Crippen molar-refractivity contribution < 1.29 is 23.0 Å². The van der Waals surface area contributed by atoms with Gasteiger partial charge in [0.15, 0.2) is 5.82 Å². The lowest BCUT2D eigenvalue weighted by molar-refractivity contribution is -0.174. The van der Waals surface area contributed by atoms with Gasteiger partial charge in [-0.1, -0.05) is 0 Å². The lowest BCUT2D eigenvalue weighted by atomic mass is 10.0. The Bertz CT molecular complexity index is 1200. The minimum atomic E-state index is -1.13. The van der Waals surface area contributed by atoms with Crippen LogP contribution in [-0.2, 0) is 7.05 Å². The van der Waals surface area contributed by atoms with Gasteiger partial charge in [0.2, 0.25) is 6.35 Å². The molecular weight excluding hydrogens is 449 g/mol. The zero-order valence-corrected chi connectivity index (χ0v) is 18.6. The van der Waals surface area contributed by atoms with E-state index in [-0.39, 0.29) is 5.88 Å². The lowest BCUT2D eigenvalue weighted by Gasteiger charge is -2.44. The maximum atomic E-state index is 14.4. The van der Waals surface area contributed by atoms with Gasteiger partial charge in [-0.25, -0.2) is 28.1 Å². The summed E-state index contributed by atoms with van der Waals surface area (Å²) in [5.41, 5.74) is 2.46. The van der Waals surface area contributed by atoms with Gasteiger partial charge in [0.25, 0.3) is 5.88 Å². The first-order chi connectivity index (χ1) is 16.3. The smallest absolute Gasteiger partial charge is 0.251 e. The van der Waals surface area contributed by atoms with Gasteiger partial charge in [0, 0.05) is 38.8 Å². The Morgan fingerprint density at radius 3 is 2.53 bits per heavy atom. The number of aliphatic hydroxyl groups is 1. The van der Waals surface area contributed by atoms with Crippen LogP contribution in [0.5, 0.6) is 5.88 Å². The van der Waals surface area contributed by atoms with Crippen LogP contribution in [0, 0.1) is 24.4 Å². The molecule has 1 fully saturated rings. The second kappa shape index (κ2) is 8.73. The minimum Gasteiger partial charge on any atom is -0.470 e. The summed E-state index contributed by atoms with van der Waals surface area (Å²) in [4.78, 5) is 10.2. The Morgan fingerprint density at radius 2 is 1.85 bits per heavy atom. The Morgan fingerprint density at radius 1 is 1.12 bits per heavy atom. The number of halogens is 3. The van der Waals surface area contributed by atoms with Crippen LogP contribution in [0.15, 0.2) is 41.8 Å². The first kappa shape index (κ1) is 22.4. The monoisotopic (exact) mass is 472 g/mol. The van der Waals surface area contributed by atoms with E-state index in [1.54, 1.807) is 28.1 Å². The summed E-state index contributed by atoms with van der Waals surface area (Å²) in [7, 11) is 1.83. The average Bonchev–Trinajstić information content (AvgIpc) is 3.37. The van der Waals surface area contributed by atoms with E-state index in [1.807, 2.05) is 14.0 Å². The van der Waals surface area contributed by atoms with Gasteiger partial charge in [-0.05, 0) is 36.8 Å². The molecule has 1 aromatic carbocycles. The molecule has 0 amide bonds. The molecule has 3 aromatic rings. The number of imidazole rings is 1. The Hall–Kier alpha value is -3.44. The second-order valence-corrected chi connectivity index (χ2v) is 8.45. The van der Waals surface area contributed by atoms with E-state index in [0.29, 0.717) is 30.8 Å². The highest BCUT2D eigenvalue weighted by atomic mass is 19.1. The number of pyridine rings is 1. The summed E-state index contributed by atoms with van der Waals surface area (Å²) in [6.45, 7) is 2.44. The number of benzene rings is 1. The van der Waals surface area contributed by atoms with E-state index in [9.17, 15) is 18.3 Å². The molecule has 11 heteroatoms. The van der Waals surface area contributed by atoms with E-state index in [2.05, 4.69) is 15.1 Å². The van der Waals surface area contributed by atoms with Gasteiger partial charge in [-0.2, -0.15) is 5.10 Å². The third-order valence-electron chi connectivity index (χ3n) is 6.03. The standard InChI is InChI=1S/C23H23F3N6O2/c1-13-21(30(2)12-27-13)19-4-3-18(26)22(29-19)34-17-10-31(11-17)23(33)32-20(5-6-28-32)14-7-15(24)9-16(25)8-14/h3-4,6-9,12,17,20,23,33H,5,10-11H2,1-2H3/t20-,23?/m0/s1. The zero-order valence-electron chi connectivity index (χ0n) is 18.6. The van der Waals surface area contributed by atoms with Gasteiger partial charge in [0.05, 0.1) is 29.5 Å². The Balaban J connectivity index is 1.24. The van der Waals surface area contributed by atoms with Crippen molar-refractivity contribution >= 4 is 6.21 Å². The van der Waals surface area contributed by atoms with Crippen LogP contribution in [0.25, 0.3) is 11.4 Å². The number of hydrazone groups is 1. The van der Waals surface area contributed by atoms with Crippen molar-refractivity contribution in [2.24, 2.45) is 12.1 Å². The van der Waals surface area contributed by atoms with Crippen molar-refractivity contribution in [1.82, 2.24) is 24.4 Å². The van der Waals surface area contributed by atoms with Crippen LogP contribution in [0.2, 0.25) is 0 Å². The van der Waals surface area contributed by atoms with Crippen molar-refractivity contribution in [3.05, 3.63) is 65.4 Å². The predicted octanol–water partition coefficient (Wildman–Crippen LogP) is 2.98. The molecule has 2 aromatic heterocycles. The minimum absolute atomic E-state index is 0.121. The first-order valence-corrected chi connectivity index (χ1v) is 10.8. The SMILES string of the molecule is Cc1ncn(C)c1-c1ccc(F)c(OC2CN(C(O)N3N=CC[C@H]3c3cc(F)cc(F)c3)C2)n1. The summed E-state index contributed by atoms with van der Waals surface area (Å²) < 4.78 is 49.3. The Kier molecular flexibility index (Phi) is 5.74. The zero-order chi connectivity index (χ0) is 24.0. The molecule has 1 saturated heterocycles. The molecule has 2 aliphatic heterocycles. The van der Waals surface area contributed by atoms with Crippen molar-refractivity contribution in [3.63, 3.8) is 0 Å². The summed E-state index contributed by atoms with van der Waals surface area (Å²) in [5.74, 6) is -2.08. The Labute approximate surface area is 193 Å². The number of nitrogens with zero attached hydrogens (tertiary/aromatic N) is 6. The average molecular weight is 472 g/mol. The maximum absolute atomic E-state index is 14.4. The van der Waals surface area contributed by atoms with Crippen LogP contribution in [0.1, 0.15) is 23.7 Å². The van der Waals surface area contributed by atoms with E-state index in [1.165, 1.54) is 23.2 Å². The molecule has 178 valence electrons. The number of aliphatic hydroxyl groups excluding tert-OH is 1. The van der Waals surface area contributed by atoms with Gasteiger partial charge in [-0.15, -0.1) is 0 Å². The third kappa shape index (κ3) is 4.12. The topological polar surface area (TPSA) is 79.0 Å². The normalized spacial score (nSPS) is 19.5. The molecular formula is C23H23F3N6O2. The summed E-state index contributed by atoms with van der Waals surface area (Å²) in [5, 5.41) is 16.4. The highest BCUT2D eigenvalue weighted by molar-refractivity contribution is 5.61. The van der Waals surface area contributed by atoms with Crippen LogP contribution >= 0.6 is 0 Å². The van der Waals surface area contributed by atoms with Crippen molar-refractivity contribution in [3.8, 4) is 17.3 Å². The molecule has 4 heterocycles. The van der Waals surface area contributed by atoms with Gasteiger partial charge >= 0.3 is 0 Å². The second-order valence-electron chi connectivity index (χ2n) is 8.45. The number of hydrogen-bond acceptors (Lipinski definition) is 7. The number of aromatic nitrogens is 3. The molecule has 1 unspecified atom stereocenters. The number of aryl methyl sites for hydroxylation is 2. The van der Waals surface area contributed by atoms with Gasteiger partial charge in [-0.3, -0.25) is 4.90 Å². The molecule has 34 heavy (non-hydrogen) atoms. The summed E-state index contributed by atoms with van der Waals surface area (Å²) >= 11 is 0. The molecule has 2 atom stereocenters. The van der Waals surface area contributed by atoms with Crippen molar-refractivity contribution in [2.75, 3.05) is 13.1 Å². The summed E-state index contributed by atoms with van der Waals surface area (Å²) in [6, 6.07) is 5.64. The third-order valence-corrected chi connectivity index (χ3v) is 6.03. The fourth-order valence-electron chi connectivity index (χ4n) is 4.32. The van der Waals surface area contributed by atoms with E-state index < -0.39 is 35.9 Å². The van der Waals surface area contributed by atoms with Gasteiger partial charge in [0.1, 0.15) is 17.7 Å². The maximum Gasteiger partial charge on any atom is 0.251 e. The van der Waals surface area contributed by atoms with Crippen LogP contribution in [-0.4, -0.2) is 61.3 Å². The molecule has 1 N–H and O–H groups in total. The number of ether oxygens (including phenoxy) is 1. The molecule has 0 spiro atoms. The van der Waals surface area contributed by atoms with Gasteiger partial charge < -0.3 is 14.4 Å². The molecule has 0 saturated carbocycles. The number of hydrogen-bond donors (Lipinski definition) is 1. The first-order valence-electron chi connectivity index (χ1n) is 10.8. The summed E-state index contributed by atoms with van der Waals surface area (Å²) in [6.07, 6.45) is 2.14. The molecule has 0 bridgehead atoms. The molecule has 8 nitrogen and oxygen atoms in total. The lowest BCUT2D eigenvalue weighted by Crippen LogP contribution is -2.61. The fraction of sp³-hybridized carbons (Fsp3) is 0.348. The highest BCUT2D eigenvalue weighted by Gasteiger charge is 2.40. The fourth-order valence-corrected chi connectivity index (χ4v) is 4.32.